The molecule has 0 N–H and O–H groups in total. The highest BCUT2D eigenvalue weighted by molar-refractivity contribution is 6.61. The molecule has 0 saturated heterocycles. The second kappa shape index (κ2) is 28.6. The van der Waals surface area contributed by atoms with Crippen molar-refractivity contribution in [3.63, 3.8) is 0 Å². The predicted molar refractivity (Wildman–Crippen MR) is 212 cm³/mol. The molecule has 0 aromatic heterocycles. The van der Waals surface area contributed by atoms with Gasteiger partial charge in [-0.25, -0.2) is 17.6 Å². The summed E-state index contributed by atoms with van der Waals surface area (Å²) in [6.45, 7) is -7.48. The number of hydrogen-bond donors (Lipinski definition) is 0. The van der Waals surface area contributed by atoms with E-state index in [4.69, 9.17) is 39.8 Å². The van der Waals surface area contributed by atoms with Crippen LogP contribution in [-0.2, 0) is 58.8 Å². The quantitative estimate of drug-likeness (QED) is 0.0329. The Morgan fingerprint density at radius 2 is 0.694 bits per heavy atom. The molecule has 0 amide bonds. The van der Waals surface area contributed by atoms with Crippen LogP contribution < -0.4 is 0 Å². The first kappa shape index (κ1) is 61.4. The molecule has 0 saturated carbocycles. The highest BCUT2D eigenvalue weighted by Gasteiger charge is 2.52. The van der Waals surface area contributed by atoms with E-state index < -0.39 is 101 Å². The fraction of sp³-hybridized carbons (Fsp3) is 1.00. The summed E-state index contributed by atoms with van der Waals surface area (Å²) < 4.78 is 206. The molecule has 0 atom stereocenters. The average Bonchev–Trinajstić information content (AvgIpc) is 3.20. The Hall–Kier alpha value is -0.569. The molecule has 0 radical (unpaired) electrons. The van der Waals surface area contributed by atoms with Gasteiger partial charge in [-0.15, -0.1) is 0 Å². The lowest BCUT2D eigenvalue weighted by Gasteiger charge is -2.37. The van der Waals surface area contributed by atoms with Gasteiger partial charge in [-0.1, -0.05) is 19.3 Å². The molecule has 0 aliphatic rings. The van der Waals surface area contributed by atoms with E-state index in [0.29, 0.717) is 57.3 Å². The number of methoxy groups -OCH3 is 1. The van der Waals surface area contributed by atoms with Crippen molar-refractivity contribution < 1.29 is 103 Å². The van der Waals surface area contributed by atoms with Gasteiger partial charge in [0.1, 0.15) is 32.8 Å². The number of hydrogen-bond acceptors (Lipinski definition) is 13. The molecular formula is C36H70F10O13Si3. The molecule has 0 aromatic carbocycles. The van der Waals surface area contributed by atoms with Crippen LogP contribution in [-0.4, -0.2) is 154 Å². The van der Waals surface area contributed by atoms with Gasteiger partial charge >= 0.3 is 44.7 Å². The molecule has 13 nitrogen and oxygen atoms in total. The predicted octanol–water partition coefficient (Wildman–Crippen LogP) is 9.42. The summed E-state index contributed by atoms with van der Waals surface area (Å²) in [4.78, 5) is 0. The van der Waals surface area contributed by atoms with Crippen molar-refractivity contribution >= 4 is 26.4 Å². The lowest BCUT2D eigenvalue weighted by molar-refractivity contribution is -0.397. The Balaban J connectivity index is 5.95. The third-order valence-electron chi connectivity index (χ3n) is 10.6. The lowest BCUT2D eigenvalue weighted by atomic mass is 9.71. The van der Waals surface area contributed by atoms with Crippen molar-refractivity contribution in [2.24, 2.45) is 5.41 Å². The van der Waals surface area contributed by atoms with Crippen molar-refractivity contribution in [3.8, 4) is 0 Å². The van der Waals surface area contributed by atoms with E-state index in [-0.39, 0.29) is 12.8 Å². The molecule has 0 spiro atoms. The molecule has 374 valence electrons. The molecule has 0 unspecified atom stereocenters. The molecule has 26 heteroatoms. The molecule has 0 fully saturated rings. The Labute approximate surface area is 363 Å². The van der Waals surface area contributed by atoms with Crippen molar-refractivity contribution in [1.82, 2.24) is 0 Å². The third kappa shape index (κ3) is 23.7. The number of halogens is 10. The summed E-state index contributed by atoms with van der Waals surface area (Å²) in [7, 11) is 5.23. The molecule has 0 rings (SSSR count). The van der Waals surface area contributed by atoms with E-state index in [1.807, 2.05) is 0 Å². The van der Waals surface area contributed by atoms with Crippen LogP contribution >= 0.6 is 0 Å². The van der Waals surface area contributed by atoms with Crippen LogP contribution in [0.1, 0.15) is 83.5 Å². The van der Waals surface area contributed by atoms with Gasteiger partial charge in [-0.3, -0.25) is 4.74 Å². The van der Waals surface area contributed by atoms with Crippen LogP contribution in [0, 0.1) is 5.41 Å². The molecule has 0 aliphatic carbocycles. The minimum Gasteiger partial charge on any atom is -0.377 e. The van der Waals surface area contributed by atoms with Crippen LogP contribution in [0.5, 0.6) is 0 Å². The zero-order valence-electron chi connectivity index (χ0n) is 37.7. The summed E-state index contributed by atoms with van der Waals surface area (Å²) in [6.07, 6.45) is -11.7. The zero-order chi connectivity index (χ0) is 47.8. The van der Waals surface area contributed by atoms with Crippen LogP contribution in [0.2, 0.25) is 18.1 Å². The first-order valence-corrected chi connectivity index (χ1v) is 25.8. The highest BCUT2D eigenvalue weighted by atomic mass is 28.4. The molecule has 0 bridgehead atoms. The maximum atomic E-state index is 15.2. The van der Waals surface area contributed by atoms with Gasteiger partial charge in [0.15, 0.2) is 0 Å². The van der Waals surface area contributed by atoms with Gasteiger partial charge < -0.3 is 54.0 Å². The van der Waals surface area contributed by atoms with Crippen LogP contribution in [0.15, 0.2) is 0 Å². The van der Waals surface area contributed by atoms with Gasteiger partial charge in [-0.2, -0.15) is 26.3 Å². The van der Waals surface area contributed by atoms with Crippen molar-refractivity contribution in [2.75, 3.05) is 97.5 Å². The van der Waals surface area contributed by atoms with Crippen molar-refractivity contribution in [1.29, 1.82) is 0 Å². The largest absolute Gasteiger partial charge is 0.500 e. The van der Waals surface area contributed by atoms with E-state index in [1.165, 1.54) is 64.0 Å². The topological polar surface area (TPSA) is 120 Å². The van der Waals surface area contributed by atoms with E-state index in [1.54, 1.807) is 0 Å². The normalized spacial score (nSPS) is 14.3. The van der Waals surface area contributed by atoms with E-state index >= 15 is 8.78 Å². The van der Waals surface area contributed by atoms with Crippen molar-refractivity contribution in [3.05, 3.63) is 0 Å². The summed E-state index contributed by atoms with van der Waals surface area (Å²) >= 11 is 0. The van der Waals surface area contributed by atoms with Crippen LogP contribution in [0.3, 0.4) is 0 Å². The Kier molecular flexibility index (Phi) is 28.3. The Morgan fingerprint density at radius 3 is 1.11 bits per heavy atom. The Morgan fingerprint density at radius 1 is 0.339 bits per heavy atom. The Bertz CT molecular complexity index is 1130. The lowest BCUT2D eigenvalue weighted by Crippen LogP contribution is -2.43. The van der Waals surface area contributed by atoms with Gasteiger partial charge in [0.2, 0.25) is 0 Å². The minimum absolute atomic E-state index is 0.0960. The fourth-order valence-corrected chi connectivity index (χ4v) is 12.3. The van der Waals surface area contributed by atoms with Gasteiger partial charge in [0, 0.05) is 95.7 Å². The SMILES string of the molecule is COC(F)(F)COCC(F)(F)CC(F)(F)OC(F)(F)COCC(F)(F)CCCC(CCCCCC[Si](OC)(OC)OC)(CCC[Si](OC)(OC)OC)CCC[Si](OC)(OC)OC. The summed E-state index contributed by atoms with van der Waals surface area (Å²) in [5, 5.41) is 0. The number of ether oxygens (including phenoxy) is 4. The molecule has 0 heterocycles. The monoisotopic (exact) mass is 984 g/mol. The zero-order valence-corrected chi connectivity index (χ0v) is 40.7. The van der Waals surface area contributed by atoms with Crippen LogP contribution in [0.4, 0.5) is 43.9 Å². The minimum atomic E-state index is -5.24. The highest BCUT2D eigenvalue weighted by Crippen LogP contribution is 2.44. The van der Waals surface area contributed by atoms with E-state index in [2.05, 4.69) is 18.9 Å². The maximum absolute atomic E-state index is 15.2. The van der Waals surface area contributed by atoms with Gasteiger partial charge in [-0.05, 0) is 56.8 Å². The standard InChI is InChI=1S/C36H70F10O13Si3/c1-47-35(43,44)29-58-28-33(39,40)26-34(41,42)59-36(45,46)30-57-27-32(37,38)22-15-19-31(20-16-24-61(51-5,52-6)53-7,21-17-25-62(54-8,55-9)56-10)18-13-11-12-14-23-60(48-2,49-3)50-4/h11-30H2,1-10H3. The second-order valence-electron chi connectivity index (χ2n) is 15.0. The fourth-order valence-electron chi connectivity index (χ4n) is 7.10. The van der Waals surface area contributed by atoms with Crippen molar-refractivity contribution in [2.45, 2.75) is 132 Å². The maximum Gasteiger partial charge on any atom is 0.500 e. The average molecular weight is 985 g/mol. The molecule has 0 aliphatic heterocycles. The van der Waals surface area contributed by atoms with Crippen LogP contribution in [0.25, 0.3) is 0 Å². The smallest absolute Gasteiger partial charge is 0.377 e. The molecule has 62 heavy (non-hydrogen) atoms. The first-order chi connectivity index (χ1) is 28.8. The number of alkyl halides is 10. The first-order valence-electron chi connectivity index (χ1n) is 20.0. The van der Waals surface area contributed by atoms with Gasteiger partial charge in [0.25, 0.3) is 11.8 Å². The van der Waals surface area contributed by atoms with E-state index in [0.717, 1.165) is 25.7 Å². The summed E-state index contributed by atoms with van der Waals surface area (Å²) in [5.74, 6) is -8.32. The number of unbranched alkanes of at least 4 members (excludes halogenated alkanes) is 3. The third-order valence-corrected chi connectivity index (χ3v) is 19.1. The van der Waals surface area contributed by atoms with Gasteiger partial charge in [0.05, 0.1) is 0 Å². The molecular weight excluding hydrogens is 915 g/mol. The molecule has 0 aromatic rings. The summed E-state index contributed by atoms with van der Waals surface area (Å²) in [6, 6.07) is 1.46. The second-order valence-corrected chi connectivity index (χ2v) is 24.2. The van der Waals surface area contributed by atoms with E-state index in [9.17, 15) is 35.1 Å². The summed E-state index contributed by atoms with van der Waals surface area (Å²) in [5.41, 5.74) is -0.532. The number of rotatable bonds is 41.